The fraction of sp³-hybridized carbons (Fsp3) is 0.800. The van der Waals surface area contributed by atoms with Crippen LogP contribution >= 0.6 is 0 Å². The summed E-state index contributed by atoms with van der Waals surface area (Å²) in [5.41, 5.74) is 0. The standard InChI is InChI=1S/C10H20/c1-5-10(4)8-6-7-9(2)3/h9-10H,1-2,5-8H2,3-4H3. The zero-order valence-corrected chi connectivity index (χ0v) is 7.40. The molecule has 2 unspecified atom stereocenters. The molecule has 0 fully saturated rings. The molecule has 0 bridgehead atoms. The van der Waals surface area contributed by atoms with Crippen LogP contribution in [0.3, 0.4) is 0 Å². The van der Waals surface area contributed by atoms with Crippen LogP contribution in [-0.2, 0) is 0 Å². The Bertz CT molecular complexity index is 64.4. The average Bonchev–Trinajstić information content (AvgIpc) is 1.87. The van der Waals surface area contributed by atoms with Crippen LogP contribution in [0, 0.1) is 25.7 Å². The van der Waals surface area contributed by atoms with Crippen molar-refractivity contribution in [3.63, 3.8) is 0 Å². The molecule has 0 aromatic carbocycles. The Morgan fingerprint density at radius 1 is 1.20 bits per heavy atom. The summed E-state index contributed by atoms with van der Waals surface area (Å²) in [5, 5.41) is 0. The van der Waals surface area contributed by atoms with E-state index in [0.717, 1.165) is 12.3 Å². The molecule has 60 valence electrons. The number of hydrogen-bond donors (Lipinski definition) is 0. The van der Waals surface area contributed by atoms with Gasteiger partial charge in [0.15, 0.2) is 0 Å². The van der Waals surface area contributed by atoms with E-state index in [2.05, 4.69) is 27.7 Å². The monoisotopic (exact) mass is 140 g/mol. The largest absolute Gasteiger partial charge is 0.0625 e. The summed E-state index contributed by atoms with van der Waals surface area (Å²) in [6.45, 7) is 12.3. The van der Waals surface area contributed by atoms with E-state index in [-0.39, 0.29) is 0 Å². The summed E-state index contributed by atoms with van der Waals surface area (Å²) in [7, 11) is 0. The molecule has 0 saturated heterocycles. The third-order valence-corrected chi connectivity index (χ3v) is 1.89. The van der Waals surface area contributed by atoms with Gasteiger partial charge in [0, 0.05) is 0 Å². The second-order valence-corrected chi connectivity index (χ2v) is 3.43. The maximum Gasteiger partial charge on any atom is -0.0443 e. The first kappa shape index (κ1) is 10.0. The molecule has 0 aliphatic heterocycles. The predicted molar refractivity (Wildman–Crippen MR) is 47.5 cm³/mol. The van der Waals surface area contributed by atoms with Gasteiger partial charge < -0.3 is 0 Å². The van der Waals surface area contributed by atoms with E-state index in [1.54, 1.807) is 0 Å². The molecule has 0 aromatic rings. The van der Waals surface area contributed by atoms with E-state index in [4.69, 9.17) is 0 Å². The van der Waals surface area contributed by atoms with Gasteiger partial charge in [-0.25, -0.2) is 0 Å². The Hall–Kier alpha value is 0. The first-order chi connectivity index (χ1) is 4.66. The molecule has 0 rings (SSSR count). The van der Waals surface area contributed by atoms with Crippen LogP contribution in [0.1, 0.15) is 39.5 Å². The smallest absolute Gasteiger partial charge is 0.0443 e. The van der Waals surface area contributed by atoms with Gasteiger partial charge in [-0.05, 0) is 11.8 Å². The fourth-order valence-corrected chi connectivity index (χ4v) is 0.959. The highest BCUT2D eigenvalue weighted by atomic mass is 14.0. The Balaban J connectivity index is 3.03. The van der Waals surface area contributed by atoms with Gasteiger partial charge in [0.25, 0.3) is 0 Å². The van der Waals surface area contributed by atoms with Crippen LogP contribution in [0.25, 0.3) is 0 Å². The highest BCUT2D eigenvalue weighted by Crippen LogP contribution is 2.13. The predicted octanol–water partition coefficient (Wildman–Crippen LogP) is 3.49. The first-order valence-corrected chi connectivity index (χ1v) is 4.29. The zero-order valence-electron chi connectivity index (χ0n) is 7.40. The molecule has 0 aromatic heterocycles. The number of rotatable bonds is 5. The molecule has 0 aliphatic rings. The van der Waals surface area contributed by atoms with Crippen molar-refractivity contribution < 1.29 is 0 Å². The summed E-state index contributed by atoms with van der Waals surface area (Å²) in [6.07, 6.45) is 4.99. The van der Waals surface area contributed by atoms with Crippen molar-refractivity contribution >= 4 is 0 Å². The van der Waals surface area contributed by atoms with E-state index in [1.807, 2.05) is 0 Å². The lowest BCUT2D eigenvalue weighted by atomic mass is 9.98. The molecule has 0 nitrogen and oxygen atoms in total. The zero-order chi connectivity index (χ0) is 7.98. The van der Waals surface area contributed by atoms with Crippen LogP contribution in [0.15, 0.2) is 0 Å². The molecule has 0 saturated carbocycles. The van der Waals surface area contributed by atoms with Gasteiger partial charge in [0.2, 0.25) is 0 Å². The van der Waals surface area contributed by atoms with Crippen LogP contribution in [0.4, 0.5) is 0 Å². The van der Waals surface area contributed by atoms with Gasteiger partial charge in [0.05, 0.1) is 0 Å². The van der Waals surface area contributed by atoms with Gasteiger partial charge in [-0.3, -0.25) is 0 Å². The lowest BCUT2D eigenvalue weighted by Crippen LogP contribution is -1.94. The van der Waals surface area contributed by atoms with E-state index in [0.29, 0.717) is 5.92 Å². The molecule has 10 heavy (non-hydrogen) atoms. The molecular formula is C10H20. The Morgan fingerprint density at radius 2 is 1.80 bits per heavy atom. The second-order valence-electron chi connectivity index (χ2n) is 3.43. The van der Waals surface area contributed by atoms with E-state index in [1.165, 1.54) is 19.3 Å². The molecule has 0 aliphatic carbocycles. The molecule has 0 heteroatoms. The van der Waals surface area contributed by atoms with Gasteiger partial charge in [-0.1, -0.05) is 53.4 Å². The summed E-state index contributed by atoms with van der Waals surface area (Å²) in [4.78, 5) is 0. The molecule has 0 spiro atoms. The summed E-state index contributed by atoms with van der Waals surface area (Å²) >= 11 is 0. The highest BCUT2D eigenvalue weighted by molar-refractivity contribution is 4.58. The van der Waals surface area contributed by atoms with Crippen LogP contribution < -0.4 is 0 Å². The van der Waals surface area contributed by atoms with Crippen molar-refractivity contribution in [2.45, 2.75) is 39.5 Å². The molecule has 0 heterocycles. The van der Waals surface area contributed by atoms with Crippen molar-refractivity contribution in [3.05, 3.63) is 13.8 Å². The van der Waals surface area contributed by atoms with Crippen molar-refractivity contribution in [2.75, 3.05) is 0 Å². The van der Waals surface area contributed by atoms with Gasteiger partial charge in [0.1, 0.15) is 0 Å². The van der Waals surface area contributed by atoms with Crippen molar-refractivity contribution in [1.29, 1.82) is 0 Å². The third-order valence-electron chi connectivity index (χ3n) is 1.89. The topological polar surface area (TPSA) is 0 Å². The Kier molecular flexibility index (Phi) is 5.76. The van der Waals surface area contributed by atoms with Gasteiger partial charge in [-0.15, -0.1) is 0 Å². The summed E-state index contributed by atoms with van der Waals surface area (Å²) in [6, 6.07) is 0. The van der Waals surface area contributed by atoms with Crippen LogP contribution in [0.5, 0.6) is 0 Å². The Labute approximate surface area is 66.0 Å². The van der Waals surface area contributed by atoms with Crippen LogP contribution in [0.2, 0.25) is 0 Å². The van der Waals surface area contributed by atoms with Crippen molar-refractivity contribution in [1.82, 2.24) is 0 Å². The molecular weight excluding hydrogens is 120 g/mol. The van der Waals surface area contributed by atoms with Gasteiger partial charge >= 0.3 is 0 Å². The summed E-state index contributed by atoms with van der Waals surface area (Å²) < 4.78 is 0. The van der Waals surface area contributed by atoms with Crippen molar-refractivity contribution in [2.24, 2.45) is 11.8 Å². The minimum atomic E-state index is 0.622. The maximum atomic E-state index is 3.95. The average molecular weight is 140 g/mol. The first-order valence-electron chi connectivity index (χ1n) is 4.29. The fourth-order valence-electron chi connectivity index (χ4n) is 0.959. The third kappa shape index (κ3) is 6.12. The van der Waals surface area contributed by atoms with E-state index < -0.39 is 0 Å². The highest BCUT2D eigenvalue weighted by Gasteiger charge is 1.99. The van der Waals surface area contributed by atoms with Gasteiger partial charge in [-0.2, -0.15) is 0 Å². The lowest BCUT2D eigenvalue weighted by Gasteiger charge is -2.08. The minimum absolute atomic E-state index is 0.622. The minimum Gasteiger partial charge on any atom is -0.0625 e. The van der Waals surface area contributed by atoms with E-state index in [9.17, 15) is 0 Å². The van der Waals surface area contributed by atoms with Crippen molar-refractivity contribution in [3.8, 4) is 0 Å². The normalized spacial score (nSPS) is 14.1. The molecule has 2 atom stereocenters. The molecule has 2 radical (unpaired) electrons. The molecule has 0 amide bonds. The second kappa shape index (κ2) is 5.76. The quantitative estimate of drug-likeness (QED) is 0.548. The Morgan fingerprint density at radius 3 is 2.20 bits per heavy atom. The maximum absolute atomic E-state index is 3.95. The van der Waals surface area contributed by atoms with E-state index >= 15 is 0 Å². The van der Waals surface area contributed by atoms with Crippen LogP contribution in [-0.4, -0.2) is 0 Å². The lowest BCUT2D eigenvalue weighted by molar-refractivity contribution is 0.475. The summed E-state index contributed by atoms with van der Waals surface area (Å²) in [5.74, 6) is 1.43. The SMILES string of the molecule is [CH2]CC(C)CCCC([CH2])C. The molecule has 0 N–H and O–H groups in total. The number of hydrogen-bond acceptors (Lipinski definition) is 0.